The lowest BCUT2D eigenvalue weighted by Crippen LogP contribution is -2.26. The summed E-state index contributed by atoms with van der Waals surface area (Å²) in [5, 5.41) is 11.0. The Morgan fingerprint density at radius 2 is 2.00 bits per heavy atom. The van der Waals surface area contributed by atoms with Crippen molar-refractivity contribution in [2.45, 2.75) is 31.4 Å². The van der Waals surface area contributed by atoms with Crippen molar-refractivity contribution in [2.75, 3.05) is 0 Å². The Bertz CT molecular complexity index is 608. The first-order chi connectivity index (χ1) is 9.08. The fourth-order valence-electron chi connectivity index (χ4n) is 3.16. The van der Waals surface area contributed by atoms with Crippen molar-refractivity contribution >= 4 is 0 Å². The van der Waals surface area contributed by atoms with Gasteiger partial charge in [0.25, 0.3) is 0 Å². The molecule has 2 aromatic rings. The maximum atomic E-state index is 11.0. The molecule has 0 radical (unpaired) electrons. The molecule has 0 amide bonds. The highest BCUT2D eigenvalue weighted by molar-refractivity contribution is 5.41. The van der Waals surface area contributed by atoms with Crippen molar-refractivity contribution in [1.82, 2.24) is 0 Å². The lowest BCUT2D eigenvalue weighted by atomic mass is 9.88. The quantitative estimate of drug-likeness (QED) is 0.864. The molecule has 2 aromatic carbocycles. The van der Waals surface area contributed by atoms with Crippen LogP contribution in [0, 0.1) is 6.92 Å². The van der Waals surface area contributed by atoms with E-state index < -0.39 is 5.60 Å². The minimum atomic E-state index is -0.830. The van der Waals surface area contributed by atoms with E-state index in [2.05, 4.69) is 25.1 Å². The van der Waals surface area contributed by atoms with Crippen molar-refractivity contribution in [3.63, 3.8) is 0 Å². The molecule has 19 heavy (non-hydrogen) atoms. The van der Waals surface area contributed by atoms with Gasteiger partial charge in [0.1, 0.15) is 0 Å². The highest BCUT2D eigenvalue weighted by atomic mass is 16.3. The Kier molecular flexibility index (Phi) is 2.92. The van der Waals surface area contributed by atoms with E-state index in [0.29, 0.717) is 12.8 Å². The lowest BCUT2D eigenvalue weighted by molar-refractivity contribution is 0.0342. The standard InChI is InChI=1S/C17H19NO/c1-12-5-4-6-13(9-12)10-17(19)11-16(18)14-7-2-3-8-15(14)17/h2-9,16,19H,10-11,18H2,1H3. The molecule has 3 N–H and O–H groups in total. The van der Waals surface area contributed by atoms with Crippen LogP contribution in [0.4, 0.5) is 0 Å². The van der Waals surface area contributed by atoms with Crippen molar-refractivity contribution in [3.05, 3.63) is 70.8 Å². The zero-order valence-electron chi connectivity index (χ0n) is 11.1. The average Bonchev–Trinajstić information content (AvgIpc) is 2.62. The first-order valence-corrected chi connectivity index (χ1v) is 6.71. The molecular weight excluding hydrogens is 234 g/mol. The molecule has 1 aliphatic rings. The van der Waals surface area contributed by atoms with E-state index in [1.165, 1.54) is 5.56 Å². The van der Waals surface area contributed by atoms with Crippen LogP contribution in [0.2, 0.25) is 0 Å². The minimum Gasteiger partial charge on any atom is -0.385 e. The molecular formula is C17H19NO. The molecule has 2 nitrogen and oxygen atoms in total. The SMILES string of the molecule is Cc1cccc(CC2(O)CC(N)c3ccccc32)c1. The van der Waals surface area contributed by atoms with E-state index in [-0.39, 0.29) is 6.04 Å². The van der Waals surface area contributed by atoms with Gasteiger partial charge in [-0.2, -0.15) is 0 Å². The molecule has 0 aromatic heterocycles. The monoisotopic (exact) mass is 253 g/mol. The molecule has 3 rings (SSSR count). The zero-order valence-corrected chi connectivity index (χ0v) is 11.1. The Balaban J connectivity index is 1.97. The van der Waals surface area contributed by atoms with Crippen LogP contribution in [0.5, 0.6) is 0 Å². The average molecular weight is 253 g/mol. The highest BCUT2D eigenvalue weighted by Crippen LogP contribution is 2.43. The zero-order chi connectivity index (χ0) is 13.5. The van der Waals surface area contributed by atoms with Crippen LogP contribution in [-0.4, -0.2) is 5.11 Å². The van der Waals surface area contributed by atoms with Crippen LogP contribution in [0.3, 0.4) is 0 Å². The summed E-state index contributed by atoms with van der Waals surface area (Å²) in [6.45, 7) is 2.07. The topological polar surface area (TPSA) is 46.2 Å². The smallest absolute Gasteiger partial charge is 0.0958 e. The molecule has 2 atom stereocenters. The molecule has 0 spiro atoms. The van der Waals surface area contributed by atoms with Crippen molar-refractivity contribution in [2.24, 2.45) is 5.73 Å². The fourth-order valence-corrected chi connectivity index (χ4v) is 3.16. The van der Waals surface area contributed by atoms with Crippen molar-refractivity contribution in [1.29, 1.82) is 0 Å². The Labute approximate surface area is 113 Å². The Morgan fingerprint density at radius 1 is 1.21 bits per heavy atom. The summed E-state index contributed by atoms with van der Waals surface area (Å²) in [5.74, 6) is 0. The molecule has 0 saturated carbocycles. The highest BCUT2D eigenvalue weighted by Gasteiger charge is 2.40. The second-order valence-electron chi connectivity index (χ2n) is 5.60. The van der Waals surface area contributed by atoms with Gasteiger partial charge in [-0.05, 0) is 30.0 Å². The first-order valence-electron chi connectivity index (χ1n) is 6.71. The van der Waals surface area contributed by atoms with E-state index >= 15 is 0 Å². The number of fused-ring (bicyclic) bond motifs is 1. The van der Waals surface area contributed by atoms with Gasteiger partial charge in [-0.3, -0.25) is 0 Å². The molecule has 2 unspecified atom stereocenters. The summed E-state index contributed by atoms with van der Waals surface area (Å²) in [7, 11) is 0. The van der Waals surface area contributed by atoms with Crippen LogP contribution < -0.4 is 5.73 Å². The van der Waals surface area contributed by atoms with Crippen LogP contribution >= 0.6 is 0 Å². The second-order valence-corrected chi connectivity index (χ2v) is 5.60. The number of benzene rings is 2. The predicted molar refractivity (Wildman–Crippen MR) is 76.8 cm³/mol. The third kappa shape index (κ3) is 2.18. The number of rotatable bonds is 2. The fraction of sp³-hybridized carbons (Fsp3) is 0.294. The van der Waals surface area contributed by atoms with E-state index in [0.717, 1.165) is 16.7 Å². The van der Waals surface area contributed by atoms with E-state index in [1.54, 1.807) is 0 Å². The van der Waals surface area contributed by atoms with Crippen LogP contribution in [0.1, 0.15) is 34.7 Å². The van der Waals surface area contributed by atoms with Gasteiger partial charge in [0.05, 0.1) is 5.60 Å². The normalized spacial score (nSPS) is 25.3. The maximum absolute atomic E-state index is 11.0. The number of hydrogen-bond acceptors (Lipinski definition) is 2. The third-order valence-corrected chi connectivity index (χ3v) is 4.00. The van der Waals surface area contributed by atoms with Crippen molar-refractivity contribution in [3.8, 4) is 0 Å². The minimum absolute atomic E-state index is 0.0639. The van der Waals surface area contributed by atoms with Gasteiger partial charge in [-0.1, -0.05) is 54.1 Å². The molecule has 0 fully saturated rings. The summed E-state index contributed by atoms with van der Waals surface area (Å²) in [4.78, 5) is 0. The number of nitrogens with two attached hydrogens (primary N) is 1. The van der Waals surface area contributed by atoms with Gasteiger partial charge in [0.15, 0.2) is 0 Å². The van der Waals surface area contributed by atoms with Gasteiger partial charge in [-0.25, -0.2) is 0 Å². The Morgan fingerprint density at radius 3 is 2.79 bits per heavy atom. The summed E-state index contributed by atoms with van der Waals surface area (Å²) >= 11 is 0. The number of hydrogen-bond donors (Lipinski definition) is 2. The van der Waals surface area contributed by atoms with Crippen LogP contribution in [0.15, 0.2) is 48.5 Å². The third-order valence-electron chi connectivity index (χ3n) is 4.00. The van der Waals surface area contributed by atoms with Crippen LogP contribution in [-0.2, 0) is 12.0 Å². The molecule has 0 saturated heterocycles. The van der Waals surface area contributed by atoms with Gasteiger partial charge in [-0.15, -0.1) is 0 Å². The lowest BCUT2D eigenvalue weighted by Gasteiger charge is -2.24. The predicted octanol–water partition coefficient (Wildman–Crippen LogP) is 2.83. The van der Waals surface area contributed by atoms with Gasteiger partial charge in [0.2, 0.25) is 0 Å². The van der Waals surface area contributed by atoms with Gasteiger partial charge < -0.3 is 10.8 Å². The number of aryl methyl sites for hydroxylation is 1. The summed E-state index contributed by atoms with van der Waals surface area (Å²) in [5.41, 5.74) is 9.76. The second kappa shape index (κ2) is 4.48. The largest absolute Gasteiger partial charge is 0.385 e. The molecule has 2 heteroatoms. The summed E-state index contributed by atoms with van der Waals surface area (Å²) in [6, 6.07) is 16.2. The van der Waals surface area contributed by atoms with E-state index in [9.17, 15) is 5.11 Å². The van der Waals surface area contributed by atoms with Crippen LogP contribution in [0.25, 0.3) is 0 Å². The Hall–Kier alpha value is -1.64. The van der Waals surface area contributed by atoms with Gasteiger partial charge >= 0.3 is 0 Å². The van der Waals surface area contributed by atoms with Gasteiger partial charge in [0, 0.05) is 12.5 Å². The molecule has 0 bridgehead atoms. The summed E-state index contributed by atoms with van der Waals surface area (Å²) < 4.78 is 0. The van der Waals surface area contributed by atoms with E-state index in [1.807, 2.05) is 30.3 Å². The molecule has 0 aliphatic heterocycles. The van der Waals surface area contributed by atoms with Crippen molar-refractivity contribution < 1.29 is 5.11 Å². The van der Waals surface area contributed by atoms with E-state index in [4.69, 9.17) is 5.73 Å². The first kappa shape index (κ1) is 12.4. The maximum Gasteiger partial charge on any atom is 0.0958 e. The summed E-state index contributed by atoms with van der Waals surface area (Å²) in [6.07, 6.45) is 1.22. The molecule has 0 heterocycles. The number of aliphatic hydroxyl groups is 1. The molecule has 1 aliphatic carbocycles. The molecule has 98 valence electrons.